The van der Waals surface area contributed by atoms with Gasteiger partial charge in [0, 0.05) is 24.2 Å². The van der Waals surface area contributed by atoms with E-state index in [-0.39, 0.29) is 18.2 Å². The molecule has 9 nitrogen and oxygen atoms in total. The molecule has 3 unspecified atom stereocenters. The van der Waals surface area contributed by atoms with Gasteiger partial charge in [-0.05, 0) is 42.2 Å². The number of Topliss-reactive ketones (excluding diaryl/α,β-unsaturated/α-hetero) is 1. The van der Waals surface area contributed by atoms with Crippen molar-refractivity contribution < 1.29 is 24.0 Å². The number of amides is 4. The first-order valence-electron chi connectivity index (χ1n) is 14.1. The van der Waals surface area contributed by atoms with Crippen molar-refractivity contribution in [3.8, 4) is 0 Å². The summed E-state index contributed by atoms with van der Waals surface area (Å²) in [5.74, 6) is -2.49. The molecule has 0 aliphatic carbocycles. The number of para-hydroxylation sites is 1. The van der Waals surface area contributed by atoms with Crippen LogP contribution in [0.1, 0.15) is 48.7 Å². The summed E-state index contributed by atoms with van der Waals surface area (Å²) in [5, 5.41) is 8.15. The fourth-order valence-corrected chi connectivity index (χ4v) is 4.97. The number of benzene rings is 3. The maximum Gasteiger partial charge on any atom is 0.259 e. The Morgan fingerprint density at radius 3 is 2.10 bits per heavy atom. The minimum absolute atomic E-state index is 0.283. The van der Waals surface area contributed by atoms with Gasteiger partial charge in [0.05, 0.1) is 12.5 Å². The van der Waals surface area contributed by atoms with Crippen LogP contribution in [0.5, 0.6) is 0 Å². The van der Waals surface area contributed by atoms with E-state index >= 15 is 0 Å². The van der Waals surface area contributed by atoms with E-state index in [1.807, 2.05) is 54.6 Å². The molecule has 1 aliphatic rings. The molecule has 0 radical (unpaired) electrons. The zero-order valence-corrected chi connectivity index (χ0v) is 24.0. The molecule has 4 amide bonds. The Morgan fingerprint density at radius 2 is 1.43 bits per heavy atom. The number of rotatable bonds is 11. The van der Waals surface area contributed by atoms with E-state index in [1.165, 1.54) is 11.8 Å². The van der Waals surface area contributed by atoms with Crippen molar-refractivity contribution in [1.29, 1.82) is 0 Å². The third-order valence-electron chi connectivity index (χ3n) is 7.25. The first-order valence-corrected chi connectivity index (χ1v) is 14.1. The lowest BCUT2D eigenvalue weighted by atomic mass is 9.97. The van der Waals surface area contributed by atoms with Gasteiger partial charge in [0.25, 0.3) is 5.91 Å². The molecule has 9 heteroatoms. The van der Waals surface area contributed by atoms with Gasteiger partial charge in [-0.1, -0.05) is 80.6 Å². The summed E-state index contributed by atoms with van der Waals surface area (Å²) in [7, 11) is 0. The average Bonchev–Trinajstić information content (AvgIpc) is 3.39. The van der Waals surface area contributed by atoms with E-state index < -0.39 is 41.6 Å². The van der Waals surface area contributed by atoms with Gasteiger partial charge < -0.3 is 16.0 Å². The van der Waals surface area contributed by atoms with Crippen LogP contribution in [0.2, 0.25) is 0 Å². The molecule has 42 heavy (non-hydrogen) atoms. The lowest BCUT2D eigenvalue weighted by molar-refractivity contribution is -0.134. The molecule has 3 aromatic carbocycles. The number of hydrogen-bond donors (Lipinski definition) is 3. The quantitative estimate of drug-likeness (QED) is 0.307. The molecule has 0 saturated heterocycles. The highest BCUT2D eigenvalue weighted by atomic mass is 16.2. The molecule has 0 bridgehead atoms. The first-order chi connectivity index (χ1) is 20.2. The van der Waals surface area contributed by atoms with Crippen molar-refractivity contribution in [2.24, 2.45) is 5.92 Å². The number of carbonyl (C=O) groups is 5. The molecule has 3 aromatic rings. The predicted molar refractivity (Wildman–Crippen MR) is 159 cm³/mol. The van der Waals surface area contributed by atoms with Crippen molar-refractivity contribution in [3.05, 3.63) is 102 Å². The van der Waals surface area contributed by atoms with E-state index in [0.29, 0.717) is 24.2 Å². The fraction of sp³-hybridized carbons (Fsp3) is 0.303. The van der Waals surface area contributed by atoms with Gasteiger partial charge in [-0.2, -0.15) is 0 Å². The molecule has 0 spiro atoms. The Bertz CT molecular complexity index is 1440. The molecule has 218 valence electrons. The van der Waals surface area contributed by atoms with Crippen LogP contribution in [0.15, 0.2) is 84.9 Å². The molecule has 0 aromatic heterocycles. The zero-order chi connectivity index (χ0) is 30.2. The zero-order valence-electron chi connectivity index (χ0n) is 24.0. The maximum absolute atomic E-state index is 13.5. The van der Waals surface area contributed by atoms with Gasteiger partial charge in [-0.15, -0.1) is 0 Å². The second-order valence-electron chi connectivity index (χ2n) is 10.8. The normalized spacial score (nSPS) is 15.3. The minimum atomic E-state index is -0.990. The summed E-state index contributed by atoms with van der Waals surface area (Å²) in [5.41, 5.74) is 2.87. The van der Waals surface area contributed by atoms with Crippen LogP contribution >= 0.6 is 0 Å². The number of hydrogen-bond acceptors (Lipinski definition) is 5. The first kappa shape index (κ1) is 30.2. The van der Waals surface area contributed by atoms with Gasteiger partial charge >= 0.3 is 0 Å². The summed E-state index contributed by atoms with van der Waals surface area (Å²) in [4.78, 5) is 66.9. The van der Waals surface area contributed by atoms with Crippen molar-refractivity contribution in [2.45, 2.75) is 58.3 Å². The summed E-state index contributed by atoms with van der Waals surface area (Å²) < 4.78 is 0. The highest BCUT2D eigenvalue weighted by Gasteiger charge is 2.39. The summed E-state index contributed by atoms with van der Waals surface area (Å²) >= 11 is 0. The Morgan fingerprint density at radius 1 is 0.810 bits per heavy atom. The molecule has 3 atom stereocenters. The number of nitrogens with zero attached hydrogens (tertiary/aromatic N) is 1. The second kappa shape index (κ2) is 13.7. The topological polar surface area (TPSA) is 125 Å². The van der Waals surface area contributed by atoms with Crippen LogP contribution in [0.4, 0.5) is 5.69 Å². The minimum Gasteiger partial charge on any atom is -0.352 e. The highest BCUT2D eigenvalue weighted by molar-refractivity contribution is 6.12. The van der Waals surface area contributed by atoms with E-state index in [9.17, 15) is 24.0 Å². The number of carbonyl (C=O) groups excluding carboxylic acids is 5. The third kappa shape index (κ3) is 7.28. The highest BCUT2D eigenvalue weighted by Crippen LogP contribution is 2.33. The summed E-state index contributed by atoms with van der Waals surface area (Å²) in [6.07, 6.45) is -0.0757. The van der Waals surface area contributed by atoms with Gasteiger partial charge in [0.2, 0.25) is 17.7 Å². The largest absolute Gasteiger partial charge is 0.352 e. The van der Waals surface area contributed by atoms with Crippen LogP contribution in [-0.4, -0.2) is 47.5 Å². The van der Waals surface area contributed by atoms with Crippen LogP contribution < -0.4 is 20.9 Å². The van der Waals surface area contributed by atoms with E-state index in [2.05, 4.69) is 16.0 Å². The van der Waals surface area contributed by atoms with Gasteiger partial charge in [0.15, 0.2) is 5.78 Å². The lowest BCUT2D eigenvalue weighted by Crippen LogP contribution is -2.56. The van der Waals surface area contributed by atoms with Gasteiger partial charge in [0.1, 0.15) is 12.1 Å². The Kier molecular flexibility index (Phi) is 9.85. The smallest absolute Gasteiger partial charge is 0.259 e. The standard InChI is InChI=1S/C33H36N4O5/c1-21(2)30(28(38)19-29(39)34-20-23-12-6-4-7-13-23)36-31(40)22(3)35-32(41)27-18-25-16-10-11-17-26(25)37(27)33(42)24-14-8-5-9-15-24/h4-17,21-22,27,30H,18-20H2,1-3H3,(H,34,39)(H,35,41)(H,36,40). The SMILES string of the molecule is CC(NC(=O)C1Cc2ccccc2N1C(=O)c1ccccc1)C(=O)NC(C(=O)CC(=O)NCc1ccccc1)C(C)C. The van der Waals surface area contributed by atoms with Crippen LogP contribution in [0, 0.1) is 5.92 Å². The number of fused-ring (bicyclic) bond motifs is 1. The van der Waals surface area contributed by atoms with Crippen LogP contribution in [-0.2, 0) is 32.1 Å². The van der Waals surface area contributed by atoms with Crippen molar-refractivity contribution in [2.75, 3.05) is 4.90 Å². The average molecular weight is 569 g/mol. The van der Waals surface area contributed by atoms with Gasteiger partial charge in [-0.3, -0.25) is 28.9 Å². The van der Waals surface area contributed by atoms with E-state index in [0.717, 1.165) is 11.1 Å². The van der Waals surface area contributed by atoms with Crippen LogP contribution in [0.25, 0.3) is 0 Å². The number of anilines is 1. The van der Waals surface area contributed by atoms with E-state index in [4.69, 9.17) is 0 Å². The summed E-state index contributed by atoms with van der Waals surface area (Å²) in [6.45, 7) is 5.37. The third-order valence-corrected chi connectivity index (χ3v) is 7.25. The van der Waals surface area contributed by atoms with Gasteiger partial charge in [-0.25, -0.2) is 0 Å². The van der Waals surface area contributed by atoms with Crippen molar-refractivity contribution in [1.82, 2.24) is 16.0 Å². The molecule has 3 N–H and O–H groups in total. The maximum atomic E-state index is 13.5. The Balaban J connectivity index is 1.37. The summed E-state index contributed by atoms with van der Waals surface area (Å²) in [6, 6.07) is 22.7. The number of ketones is 1. The van der Waals surface area contributed by atoms with Crippen molar-refractivity contribution in [3.63, 3.8) is 0 Å². The molecular weight excluding hydrogens is 532 g/mol. The lowest BCUT2D eigenvalue weighted by Gasteiger charge is -2.27. The fourth-order valence-electron chi connectivity index (χ4n) is 4.97. The van der Waals surface area contributed by atoms with E-state index in [1.54, 1.807) is 44.2 Å². The molecule has 0 saturated carbocycles. The van der Waals surface area contributed by atoms with Crippen LogP contribution in [0.3, 0.4) is 0 Å². The molecule has 1 aliphatic heterocycles. The Labute approximate surface area is 245 Å². The monoisotopic (exact) mass is 568 g/mol. The predicted octanol–water partition coefficient (Wildman–Crippen LogP) is 3.18. The molecule has 1 heterocycles. The second-order valence-corrected chi connectivity index (χ2v) is 10.8. The number of nitrogens with one attached hydrogen (secondary N) is 3. The Hall–Kier alpha value is -4.79. The molecule has 0 fully saturated rings. The molecular formula is C33H36N4O5. The van der Waals surface area contributed by atoms with Crippen molar-refractivity contribution >= 4 is 35.1 Å². The molecule has 4 rings (SSSR count).